The van der Waals surface area contributed by atoms with Gasteiger partial charge in [-0.05, 0) is 96.3 Å². The smallest absolute Gasteiger partial charge is 0.306 e. The molecule has 0 saturated heterocycles. The SMILES string of the molecule is CC/C=C\C/C=C\C/C=C\C/C=C\C/C=C\C/C=C\CCCCC(=O)OC(COC(=O)CCCCCCCCCCCCCC)COC(=O)CCCCCCCCCCCCCCCCCCC/C=C\CCCCCCCCCC. The Morgan fingerprint density at radius 3 is 0.800 bits per heavy atom. The number of hydrogen-bond acceptors (Lipinski definition) is 6. The van der Waals surface area contributed by atoms with Crippen molar-refractivity contribution >= 4 is 17.9 Å². The van der Waals surface area contributed by atoms with E-state index in [9.17, 15) is 14.4 Å². The van der Waals surface area contributed by atoms with E-state index in [0.717, 1.165) is 89.9 Å². The highest BCUT2D eigenvalue weighted by molar-refractivity contribution is 5.71. The molecule has 1 atom stereocenters. The van der Waals surface area contributed by atoms with E-state index in [1.807, 2.05) is 0 Å². The van der Waals surface area contributed by atoms with Crippen LogP contribution in [0.15, 0.2) is 85.1 Å². The van der Waals surface area contributed by atoms with Gasteiger partial charge in [-0.25, -0.2) is 0 Å². The quantitative estimate of drug-likeness (QED) is 0.0261. The molecule has 0 radical (unpaired) electrons. The third kappa shape index (κ3) is 65.4. The lowest BCUT2D eigenvalue weighted by Gasteiger charge is -2.18. The normalized spacial score (nSPS) is 12.6. The van der Waals surface area contributed by atoms with Gasteiger partial charge in [-0.1, -0.05) is 318 Å². The molecule has 0 aliphatic carbocycles. The average molecular weight is 1120 g/mol. The minimum Gasteiger partial charge on any atom is -0.462 e. The summed E-state index contributed by atoms with van der Waals surface area (Å²) in [7, 11) is 0. The van der Waals surface area contributed by atoms with Crippen LogP contribution in [0, 0.1) is 0 Å². The van der Waals surface area contributed by atoms with E-state index in [-0.39, 0.29) is 37.5 Å². The molecule has 6 nitrogen and oxygen atoms in total. The van der Waals surface area contributed by atoms with Crippen LogP contribution < -0.4 is 0 Å². The van der Waals surface area contributed by atoms with Crippen LogP contribution in [-0.4, -0.2) is 37.2 Å². The van der Waals surface area contributed by atoms with Crippen LogP contribution in [0.25, 0.3) is 0 Å². The van der Waals surface area contributed by atoms with E-state index in [4.69, 9.17) is 14.2 Å². The molecule has 0 fully saturated rings. The van der Waals surface area contributed by atoms with Crippen molar-refractivity contribution in [2.45, 2.75) is 354 Å². The van der Waals surface area contributed by atoms with Crippen molar-refractivity contribution < 1.29 is 28.6 Å². The molecule has 0 aliphatic heterocycles. The molecule has 80 heavy (non-hydrogen) atoms. The number of hydrogen-bond donors (Lipinski definition) is 0. The first-order chi connectivity index (χ1) is 39.5. The van der Waals surface area contributed by atoms with Gasteiger partial charge in [0.2, 0.25) is 0 Å². The predicted octanol–water partition coefficient (Wildman–Crippen LogP) is 23.8. The lowest BCUT2D eigenvalue weighted by Crippen LogP contribution is -2.30. The topological polar surface area (TPSA) is 78.9 Å². The molecule has 6 heteroatoms. The number of ether oxygens (including phenoxy) is 3. The number of carbonyl (C=O) groups excluding carboxylic acids is 3. The summed E-state index contributed by atoms with van der Waals surface area (Å²) in [5, 5.41) is 0. The van der Waals surface area contributed by atoms with Crippen LogP contribution >= 0.6 is 0 Å². The third-order valence-corrected chi connectivity index (χ3v) is 15.1. The number of unbranched alkanes of at least 4 members (excludes halogenated alkanes) is 38. The first kappa shape index (κ1) is 76.6. The van der Waals surface area contributed by atoms with E-state index in [2.05, 4.69) is 106 Å². The van der Waals surface area contributed by atoms with Crippen LogP contribution in [0.1, 0.15) is 348 Å². The summed E-state index contributed by atoms with van der Waals surface area (Å²) in [5.41, 5.74) is 0. The minimum atomic E-state index is -0.799. The van der Waals surface area contributed by atoms with Gasteiger partial charge in [-0.3, -0.25) is 14.4 Å². The van der Waals surface area contributed by atoms with Gasteiger partial charge in [0.1, 0.15) is 13.2 Å². The Bertz CT molecular complexity index is 1520. The Balaban J connectivity index is 4.26. The van der Waals surface area contributed by atoms with Crippen LogP contribution in [0.4, 0.5) is 0 Å². The molecular formula is C74H130O6. The predicted molar refractivity (Wildman–Crippen MR) is 348 cm³/mol. The van der Waals surface area contributed by atoms with Crippen LogP contribution in [0.2, 0.25) is 0 Å². The van der Waals surface area contributed by atoms with Gasteiger partial charge in [-0.15, -0.1) is 0 Å². The first-order valence-electron chi connectivity index (χ1n) is 34.6. The lowest BCUT2D eigenvalue weighted by atomic mass is 10.0. The maximum Gasteiger partial charge on any atom is 0.306 e. The monoisotopic (exact) mass is 1110 g/mol. The summed E-state index contributed by atoms with van der Waals surface area (Å²) >= 11 is 0. The van der Waals surface area contributed by atoms with Crippen molar-refractivity contribution in [2.75, 3.05) is 13.2 Å². The maximum atomic E-state index is 12.9. The fraction of sp³-hybridized carbons (Fsp3) is 0.770. The van der Waals surface area contributed by atoms with Gasteiger partial charge in [0, 0.05) is 19.3 Å². The zero-order chi connectivity index (χ0) is 57.8. The molecule has 1 unspecified atom stereocenters. The van der Waals surface area contributed by atoms with E-state index in [1.54, 1.807) is 0 Å². The van der Waals surface area contributed by atoms with Gasteiger partial charge in [0.15, 0.2) is 6.10 Å². The lowest BCUT2D eigenvalue weighted by molar-refractivity contribution is -0.167. The molecule has 0 heterocycles. The number of carbonyl (C=O) groups is 3. The largest absolute Gasteiger partial charge is 0.462 e. The van der Waals surface area contributed by atoms with E-state index < -0.39 is 6.10 Å². The number of allylic oxidation sites excluding steroid dienone is 14. The van der Waals surface area contributed by atoms with Gasteiger partial charge in [0.05, 0.1) is 0 Å². The molecule has 0 aromatic rings. The summed E-state index contributed by atoms with van der Waals surface area (Å²) in [6.07, 6.45) is 90.5. The molecule has 0 N–H and O–H groups in total. The van der Waals surface area contributed by atoms with E-state index in [0.29, 0.717) is 19.3 Å². The Morgan fingerprint density at radius 2 is 0.487 bits per heavy atom. The number of esters is 3. The molecule has 0 bridgehead atoms. The van der Waals surface area contributed by atoms with Crippen LogP contribution in [-0.2, 0) is 28.6 Å². The molecule has 0 aromatic carbocycles. The first-order valence-corrected chi connectivity index (χ1v) is 34.6. The van der Waals surface area contributed by atoms with E-state index >= 15 is 0 Å². The summed E-state index contributed by atoms with van der Waals surface area (Å²) in [4.78, 5) is 38.3. The summed E-state index contributed by atoms with van der Waals surface area (Å²) in [5.74, 6) is -0.918. The zero-order valence-electron chi connectivity index (χ0n) is 53.1. The molecule has 0 spiro atoms. The Kier molecular flexibility index (Phi) is 65.2. The molecule has 0 saturated carbocycles. The second-order valence-electron chi connectivity index (χ2n) is 23.1. The fourth-order valence-corrected chi connectivity index (χ4v) is 9.97. The van der Waals surface area contributed by atoms with Crippen molar-refractivity contribution in [1.29, 1.82) is 0 Å². The minimum absolute atomic E-state index is 0.0905. The highest BCUT2D eigenvalue weighted by atomic mass is 16.6. The summed E-state index contributed by atoms with van der Waals surface area (Å²) < 4.78 is 16.9. The maximum absolute atomic E-state index is 12.9. The zero-order valence-corrected chi connectivity index (χ0v) is 53.1. The highest BCUT2D eigenvalue weighted by Crippen LogP contribution is 2.17. The van der Waals surface area contributed by atoms with Crippen molar-refractivity contribution in [1.82, 2.24) is 0 Å². The van der Waals surface area contributed by atoms with Crippen molar-refractivity contribution in [3.05, 3.63) is 85.1 Å². The molecule has 0 aliphatic rings. The summed E-state index contributed by atoms with van der Waals surface area (Å²) in [6.45, 7) is 6.53. The fourth-order valence-electron chi connectivity index (χ4n) is 9.97. The van der Waals surface area contributed by atoms with E-state index in [1.165, 1.54) is 212 Å². The third-order valence-electron chi connectivity index (χ3n) is 15.1. The Labute approximate surface area is 496 Å². The van der Waals surface area contributed by atoms with Crippen molar-refractivity contribution in [3.8, 4) is 0 Å². The Hall–Kier alpha value is -3.41. The molecule has 0 rings (SSSR count). The second kappa shape index (κ2) is 68.1. The standard InChI is InChI=1S/C74H130O6/c1-4-7-10-13-16-19-22-25-27-29-31-33-34-35-36-37-38-39-40-42-43-45-47-49-52-55-58-61-64-67-73(76)79-70-71(69-78-72(75)66-63-60-57-54-51-24-21-18-15-12-9-6-3)80-74(77)68-65-62-59-56-53-50-48-46-44-41-32-30-28-26-23-20-17-14-11-8-5-2/h8,11,17,20,26,28-29,31-32,41,46,48,53,56,71H,4-7,9-10,12-16,18-19,21-25,27,30,33-40,42-45,47,49-52,54-55,57-70H2,1-3H3/b11-8-,20-17-,28-26-,31-29-,41-32-,48-46-,56-53-. The Morgan fingerprint density at radius 1 is 0.263 bits per heavy atom. The molecule has 0 amide bonds. The molecule has 0 aromatic heterocycles. The molecular weight excluding hydrogens is 985 g/mol. The van der Waals surface area contributed by atoms with Gasteiger partial charge in [0.25, 0.3) is 0 Å². The van der Waals surface area contributed by atoms with Crippen LogP contribution in [0.3, 0.4) is 0 Å². The average Bonchev–Trinajstić information content (AvgIpc) is 3.46. The van der Waals surface area contributed by atoms with Gasteiger partial charge < -0.3 is 14.2 Å². The van der Waals surface area contributed by atoms with Crippen molar-refractivity contribution in [2.24, 2.45) is 0 Å². The van der Waals surface area contributed by atoms with Crippen LogP contribution in [0.5, 0.6) is 0 Å². The van der Waals surface area contributed by atoms with Gasteiger partial charge in [-0.2, -0.15) is 0 Å². The van der Waals surface area contributed by atoms with Crippen molar-refractivity contribution in [3.63, 3.8) is 0 Å². The summed E-state index contributed by atoms with van der Waals surface area (Å²) in [6, 6.07) is 0. The highest BCUT2D eigenvalue weighted by Gasteiger charge is 2.19. The second-order valence-corrected chi connectivity index (χ2v) is 23.1. The van der Waals surface area contributed by atoms with Gasteiger partial charge >= 0.3 is 17.9 Å². The number of rotatable bonds is 63. The molecule has 462 valence electrons.